The van der Waals surface area contributed by atoms with E-state index in [4.69, 9.17) is 5.73 Å². The van der Waals surface area contributed by atoms with E-state index in [9.17, 15) is 22.4 Å². The van der Waals surface area contributed by atoms with Gasteiger partial charge in [0, 0.05) is 11.9 Å². The molecule has 0 radical (unpaired) electrons. The summed E-state index contributed by atoms with van der Waals surface area (Å²) in [5.41, 5.74) is 5.36. The second-order valence-electron chi connectivity index (χ2n) is 4.84. The molecule has 126 valence electrons. The van der Waals surface area contributed by atoms with E-state index < -0.39 is 38.4 Å². The predicted octanol–water partition coefficient (Wildman–Crippen LogP) is 0.435. The summed E-state index contributed by atoms with van der Waals surface area (Å²) < 4.78 is 36.5. The van der Waals surface area contributed by atoms with Crippen LogP contribution in [0.15, 0.2) is 35.6 Å². The summed E-state index contributed by atoms with van der Waals surface area (Å²) in [5.74, 6) is -2.99. The molecule has 0 aliphatic heterocycles. The molecule has 0 bridgehead atoms. The highest BCUT2D eigenvalue weighted by atomic mass is 32.2. The number of sulfone groups is 1. The van der Waals surface area contributed by atoms with Gasteiger partial charge in [0.25, 0.3) is 5.91 Å². The monoisotopic (exact) mass is 352 g/mol. The van der Waals surface area contributed by atoms with Crippen LogP contribution < -0.4 is 11.1 Å². The summed E-state index contributed by atoms with van der Waals surface area (Å²) in [5, 5.41) is 1.92. The Bertz CT molecular complexity index is 897. The number of anilines is 1. The van der Waals surface area contributed by atoms with Gasteiger partial charge >= 0.3 is 0 Å². The number of amides is 2. The van der Waals surface area contributed by atoms with Crippen LogP contribution in [0.25, 0.3) is 0 Å². The molecule has 3 N–H and O–H groups in total. The van der Waals surface area contributed by atoms with Crippen LogP contribution in [0, 0.1) is 12.7 Å². The number of carbonyl (C=O) groups is 2. The molecule has 0 atom stereocenters. The van der Waals surface area contributed by atoms with Gasteiger partial charge in [-0.05, 0) is 31.2 Å². The third-order valence-electron chi connectivity index (χ3n) is 2.91. The Morgan fingerprint density at radius 1 is 1.25 bits per heavy atom. The average molecular weight is 352 g/mol. The average Bonchev–Trinajstić information content (AvgIpc) is 2.48. The first-order valence-corrected chi connectivity index (χ1v) is 8.26. The summed E-state index contributed by atoms with van der Waals surface area (Å²) in [4.78, 5) is 30.3. The molecule has 1 heterocycles. The Hall–Kier alpha value is -2.88. The molecule has 0 aliphatic rings. The van der Waals surface area contributed by atoms with Gasteiger partial charge in [-0.3, -0.25) is 9.59 Å². The lowest BCUT2D eigenvalue weighted by Crippen LogP contribution is -2.25. The molecule has 0 aliphatic carbocycles. The Morgan fingerprint density at radius 3 is 2.42 bits per heavy atom. The quantitative estimate of drug-likeness (QED) is 0.750. The lowest BCUT2D eigenvalue weighted by atomic mass is 10.2. The van der Waals surface area contributed by atoms with E-state index in [-0.39, 0.29) is 11.3 Å². The molecule has 1 aromatic heterocycles. The highest BCUT2D eigenvalue weighted by molar-refractivity contribution is 7.91. The maximum absolute atomic E-state index is 12.8. The number of halogens is 1. The zero-order valence-electron chi connectivity index (χ0n) is 12.5. The van der Waals surface area contributed by atoms with Gasteiger partial charge < -0.3 is 11.1 Å². The second kappa shape index (κ2) is 6.71. The van der Waals surface area contributed by atoms with Crippen molar-refractivity contribution in [1.82, 2.24) is 9.97 Å². The molecule has 1 aromatic carbocycles. The topological polar surface area (TPSA) is 132 Å². The predicted molar refractivity (Wildman–Crippen MR) is 82.4 cm³/mol. The number of carbonyl (C=O) groups excluding carboxylic acids is 2. The van der Waals surface area contributed by atoms with Crippen LogP contribution in [-0.4, -0.2) is 36.0 Å². The highest BCUT2D eigenvalue weighted by Gasteiger charge is 2.23. The molecular formula is C14H13FN4O4S. The Labute approximate surface area is 136 Å². The van der Waals surface area contributed by atoms with E-state index in [1.54, 1.807) is 0 Å². The number of aryl methyl sites for hydroxylation is 1. The number of rotatable bonds is 5. The fourth-order valence-electron chi connectivity index (χ4n) is 1.80. The van der Waals surface area contributed by atoms with E-state index in [0.717, 1.165) is 6.20 Å². The smallest absolute Gasteiger partial charge is 0.259 e. The summed E-state index contributed by atoms with van der Waals surface area (Å²) in [6.07, 6.45) is 1.04. The van der Waals surface area contributed by atoms with Crippen molar-refractivity contribution < 1.29 is 22.4 Å². The minimum atomic E-state index is -4.06. The normalized spacial score (nSPS) is 11.1. The van der Waals surface area contributed by atoms with E-state index in [1.807, 2.05) is 0 Å². The van der Waals surface area contributed by atoms with Gasteiger partial charge in [0.05, 0.1) is 11.3 Å². The fourth-order valence-corrected chi connectivity index (χ4v) is 2.79. The van der Waals surface area contributed by atoms with Gasteiger partial charge in [0.1, 0.15) is 11.6 Å². The van der Waals surface area contributed by atoms with Crippen molar-refractivity contribution in [3.8, 4) is 0 Å². The molecule has 10 heteroatoms. The van der Waals surface area contributed by atoms with Gasteiger partial charge in [-0.15, -0.1) is 0 Å². The maximum atomic E-state index is 12.8. The number of aromatic nitrogens is 2. The first-order chi connectivity index (χ1) is 11.2. The summed E-state index contributed by atoms with van der Waals surface area (Å²) >= 11 is 0. The zero-order valence-corrected chi connectivity index (χ0v) is 13.3. The van der Waals surface area contributed by atoms with Crippen LogP contribution in [0.5, 0.6) is 0 Å². The molecule has 0 fully saturated rings. The van der Waals surface area contributed by atoms with Gasteiger partial charge in [0.15, 0.2) is 0 Å². The SMILES string of the molecule is Cc1nc(S(=O)(=O)CC(N)=O)ncc1C(=O)Nc1ccc(F)cc1. The number of hydrogen-bond donors (Lipinski definition) is 2. The third-order valence-corrected chi connectivity index (χ3v) is 4.33. The molecule has 8 nitrogen and oxygen atoms in total. The van der Waals surface area contributed by atoms with E-state index in [2.05, 4.69) is 15.3 Å². The number of nitrogens with zero attached hydrogens (tertiary/aromatic N) is 2. The molecule has 0 spiro atoms. The number of hydrogen-bond acceptors (Lipinski definition) is 6. The van der Waals surface area contributed by atoms with Crippen molar-refractivity contribution >= 4 is 27.3 Å². The van der Waals surface area contributed by atoms with Gasteiger partial charge in [-0.1, -0.05) is 0 Å². The first kappa shape index (κ1) is 17.5. The van der Waals surface area contributed by atoms with Crippen LogP contribution >= 0.6 is 0 Å². The molecule has 2 amide bonds. The molecule has 2 rings (SSSR count). The molecule has 0 saturated heterocycles. The van der Waals surface area contributed by atoms with Crippen molar-refractivity contribution in [2.75, 3.05) is 11.1 Å². The van der Waals surface area contributed by atoms with Crippen LogP contribution in [0.3, 0.4) is 0 Å². The minimum Gasteiger partial charge on any atom is -0.369 e. The minimum absolute atomic E-state index is 0.0392. The summed E-state index contributed by atoms with van der Waals surface area (Å²) in [6, 6.07) is 5.10. The third kappa shape index (κ3) is 4.10. The lowest BCUT2D eigenvalue weighted by Gasteiger charge is -2.08. The summed E-state index contributed by atoms with van der Waals surface area (Å²) in [7, 11) is -4.06. The molecule has 2 aromatic rings. The highest BCUT2D eigenvalue weighted by Crippen LogP contribution is 2.13. The van der Waals surface area contributed by atoms with E-state index in [0.29, 0.717) is 5.69 Å². The Morgan fingerprint density at radius 2 is 1.88 bits per heavy atom. The molecule has 24 heavy (non-hydrogen) atoms. The van der Waals surface area contributed by atoms with Crippen molar-refractivity contribution in [2.45, 2.75) is 12.1 Å². The molecule has 0 saturated carbocycles. The van der Waals surface area contributed by atoms with Crippen LogP contribution in [-0.2, 0) is 14.6 Å². The number of primary amides is 1. The molecule has 0 unspecified atom stereocenters. The van der Waals surface area contributed by atoms with Crippen LogP contribution in [0.4, 0.5) is 10.1 Å². The Balaban J connectivity index is 2.24. The number of nitrogens with two attached hydrogens (primary N) is 1. The maximum Gasteiger partial charge on any atom is 0.259 e. The fraction of sp³-hybridized carbons (Fsp3) is 0.143. The lowest BCUT2D eigenvalue weighted by molar-refractivity contribution is -0.115. The Kier molecular flexibility index (Phi) is 4.88. The van der Waals surface area contributed by atoms with Gasteiger partial charge in [-0.25, -0.2) is 22.8 Å². The second-order valence-corrected chi connectivity index (χ2v) is 6.72. The standard InChI is InChI=1S/C14H13FN4O4S/c1-8-11(13(21)19-10-4-2-9(15)3-5-10)6-17-14(18-8)24(22,23)7-12(16)20/h2-6H,7H2,1H3,(H2,16,20)(H,19,21). The van der Waals surface area contributed by atoms with Gasteiger partial charge in [0.2, 0.25) is 20.9 Å². The molecular weight excluding hydrogens is 339 g/mol. The van der Waals surface area contributed by atoms with E-state index >= 15 is 0 Å². The number of nitrogens with one attached hydrogen (secondary N) is 1. The summed E-state index contributed by atoms with van der Waals surface area (Å²) in [6.45, 7) is 1.42. The van der Waals surface area contributed by atoms with Crippen molar-refractivity contribution in [1.29, 1.82) is 0 Å². The first-order valence-electron chi connectivity index (χ1n) is 6.60. The largest absolute Gasteiger partial charge is 0.369 e. The van der Waals surface area contributed by atoms with Crippen LogP contribution in [0.2, 0.25) is 0 Å². The van der Waals surface area contributed by atoms with Crippen molar-refractivity contribution in [3.63, 3.8) is 0 Å². The van der Waals surface area contributed by atoms with Crippen molar-refractivity contribution in [2.24, 2.45) is 5.73 Å². The van der Waals surface area contributed by atoms with Crippen molar-refractivity contribution in [3.05, 3.63) is 47.5 Å². The zero-order chi connectivity index (χ0) is 17.9. The van der Waals surface area contributed by atoms with E-state index in [1.165, 1.54) is 31.2 Å². The number of benzene rings is 1. The van der Waals surface area contributed by atoms with Crippen LogP contribution in [0.1, 0.15) is 16.1 Å². The van der Waals surface area contributed by atoms with Gasteiger partial charge in [-0.2, -0.15) is 0 Å².